The fourth-order valence-electron chi connectivity index (χ4n) is 2.37. The molecule has 0 heterocycles. The molecule has 2 N–H and O–H groups in total. The van der Waals surface area contributed by atoms with Gasteiger partial charge in [0.25, 0.3) is 0 Å². The summed E-state index contributed by atoms with van der Waals surface area (Å²) in [5.41, 5.74) is 8.31. The molecule has 88 valence electrons. The molecule has 0 aliphatic carbocycles. The van der Waals surface area contributed by atoms with E-state index in [4.69, 9.17) is 5.73 Å². The lowest BCUT2D eigenvalue weighted by atomic mass is 9.83. The molecule has 0 bridgehead atoms. The van der Waals surface area contributed by atoms with Gasteiger partial charge in [-0.3, -0.25) is 4.79 Å². The van der Waals surface area contributed by atoms with Crippen LogP contribution in [0, 0.1) is 12.8 Å². The molecule has 0 saturated heterocycles. The van der Waals surface area contributed by atoms with E-state index < -0.39 is 0 Å². The van der Waals surface area contributed by atoms with Crippen molar-refractivity contribution in [3.63, 3.8) is 0 Å². The van der Waals surface area contributed by atoms with E-state index in [1.165, 1.54) is 5.56 Å². The van der Waals surface area contributed by atoms with Crippen LogP contribution >= 0.6 is 0 Å². The van der Waals surface area contributed by atoms with Gasteiger partial charge in [-0.15, -0.1) is 0 Å². The molecule has 16 heavy (non-hydrogen) atoms. The molecule has 2 heteroatoms. The fourth-order valence-corrected chi connectivity index (χ4v) is 2.37. The Kier molecular flexibility index (Phi) is 4.11. The van der Waals surface area contributed by atoms with Crippen LogP contribution in [-0.2, 0) is 0 Å². The predicted octanol–water partition coefficient (Wildman–Crippen LogP) is 3.24. The van der Waals surface area contributed by atoms with Crippen LogP contribution in [0.1, 0.15) is 54.6 Å². The average Bonchev–Trinajstić information content (AvgIpc) is 2.20. The first kappa shape index (κ1) is 12.8. The zero-order valence-corrected chi connectivity index (χ0v) is 10.6. The second kappa shape index (κ2) is 5.15. The molecule has 1 aromatic rings. The quantitative estimate of drug-likeness (QED) is 0.830. The minimum absolute atomic E-state index is 0.335. The van der Waals surface area contributed by atoms with Gasteiger partial charge < -0.3 is 5.73 Å². The molecule has 1 atom stereocenters. The molecule has 0 aliphatic heterocycles. The number of hydrogen-bond donors (Lipinski definition) is 1. The van der Waals surface area contributed by atoms with Crippen LogP contribution in [0.25, 0.3) is 0 Å². The molecule has 0 aromatic heterocycles. The van der Waals surface area contributed by atoms with Crippen LogP contribution in [0.15, 0.2) is 18.2 Å². The first-order valence-corrected chi connectivity index (χ1v) is 5.88. The van der Waals surface area contributed by atoms with Gasteiger partial charge >= 0.3 is 0 Å². The van der Waals surface area contributed by atoms with E-state index in [1.54, 1.807) is 6.07 Å². The summed E-state index contributed by atoms with van der Waals surface area (Å²) in [6.07, 6.45) is 1.08. The number of hydrogen-bond acceptors (Lipinski definition) is 1. The summed E-state index contributed by atoms with van der Waals surface area (Å²) in [6, 6.07) is 5.83. The van der Waals surface area contributed by atoms with Crippen LogP contribution in [0.3, 0.4) is 0 Å². The standard InChI is InChI=1S/C14H21NO/c1-5-11(9(2)3)12-7-6-8-13(10(12)4)14(15)16/h6-9,11H,5H2,1-4H3,(H2,15,16). The molecule has 0 saturated carbocycles. The SMILES string of the molecule is CCC(c1cccc(C(N)=O)c1C)C(C)C. The second-order valence-corrected chi connectivity index (χ2v) is 4.64. The van der Waals surface area contributed by atoms with Crippen molar-refractivity contribution < 1.29 is 4.79 Å². The summed E-state index contributed by atoms with van der Waals surface area (Å²) in [5.74, 6) is 0.740. The lowest BCUT2D eigenvalue weighted by Crippen LogP contribution is -2.15. The van der Waals surface area contributed by atoms with Gasteiger partial charge in [0.05, 0.1) is 0 Å². The van der Waals surface area contributed by atoms with Crippen molar-refractivity contribution in [2.45, 2.75) is 40.0 Å². The maximum atomic E-state index is 11.3. The molecule has 2 nitrogen and oxygen atoms in total. The minimum Gasteiger partial charge on any atom is -0.366 e. The van der Waals surface area contributed by atoms with Crippen LogP contribution in [0.4, 0.5) is 0 Å². The first-order chi connectivity index (χ1) is 7.49. The highest BCUT2D eigenvalue weighted by molar-refractivity contribution is 5.94. The third kappa shape index (κ3) is 2.43. The number of benzene rings is 1. The Morgan fingerprint density at radius 3 is 2.44 bits per heavy atom. The van der Waals surface area contributed by atoms with Crippen molar-refractivity contribution in [1.82, 2.24) is 0 Å². The summed E-state index contributed by atoms with van der Waals surface area (Å²) in [5, 5.41) is 0. The van der Waals surface area contributed by atoms with Crippen molar-refractivity contribution in [3.8, 4) is 0 Å². The number of amides is 1. The van der Waals surface area contributed by atoms with Crippen LogP contribution < -0.4 is 5.73 Å². The third-order valence-corrected chi connectivity index (χ3v) is 3.29. The molecule has 1 rings (SSSR count). The predicted molar refractivity (Wildman–Crippen MR) is 67.6 cm³/mol. The monoisotopic (exact) mass is 219 g/mol. The van der Waals surface area contributed by atoms with E-state index >= 15 is 0 Å². The number of nitrogens with two attached hydrogens (primary N) is 1. The topological polar surface area (TPSA) is 43.1 Å². The van der Waals surface area contributed by atoms with E-state index in [0.29, 0.717) is 17.4 Å². The number of carbonyl (C=O) groups excluding carboxylic acids is 1. The van der Waals surface area contributed by atoms with Crippen LogP contribution in [-0.4, -0.2) is 5.91 Å². The van der Waals surface area contributed by atoms with Gasteiger partial charge in [-0.2, -0.15) is 0 Å². The second-order valence-electron chi connectivity index (χ2n) is 4.64. The van der Waals surface area contributed by atoms with Gasteiger partial charge in [-0.05, 0) is 42.4 Å². The normalized spacial score (nSPS) is 12.8. The molecule has 0 spiro atoms. The molecule has 0 aliphatic rings. The Bertz CT molecular complexity index is 382. The Labute approximate surface area is 97.9 Å². The summed E-state index contributed by atoms with van der Waals surface area (Å²) in [6.45, 7) is 8.59. The molecule has 0 radical (unpaired) electrons. The smallest absolute Gasteiger partial charge is 0.248 e. The lowest BCUT2D eigenvalue weighted by molar-refractivity contribution is 0.0999. The van der Waals surface area contributed by atoms with Crippen LogP contribution in [0.5, 0.6) is 0 Å². The molecule has 1 aromatic carbocycles. The fraction of sp³-hybridized carbons (Fsp3) is 0.500. The van der Waals surface area contributed by atoms with E-state index in [2.05, 4.69) is 26.8 Å². The number of rotatable bonds is 4. The largest absolute Gasteiger partial charge is 0.366 e. The average molecular weight is 219 g/mol. The lowest BCUT2D eigenvalue weighted by Gasteiger charge is -2.22. The summed E-state index contributed by atoms with van der Waals surface area (Å²) >= 11 is 0. The van der Waals surface area contributed by atoms with Crippen molar-refractivity contribution in [1.29, 1.82) is 0 Å². The van der Waals surface area contributed by atoms with Crippen molar-refractivity contribution in [2.75, 3.05) is 0 Å². The van der Waals surface area contributed by atoms with Crippen LogP contribution in [0.2, 0.25) is 0 Å². The molecular formula is C14H21NO. The highest BCUT2D eigenvalue weighted by atomic mass is 16.1. The summed E-state index contributed by atoms with van der Waals surface area (Å²) in [7, 11) is 0. The van der Waals surface area contributed by atoms with Crippen molar-refractivity contribution in [2.24, 2.45) is 11.7 Å². The van der Waals surface area contributed by atoms with E-state index in [1.807, 2.05) is 13.0 Å². The first-order valence-electron chi connectivity index (χ1n) is 5.88. The van der Waals surface area contributed by atoms with E-state index in [0.717, 1.165) is 12.0 Å². The van der Waals surface area contributed by atoms with Gasteiger partial charge in [0.2, 0.25) is 5.91 Å². The zero-order valence-electron chi connectivity index (χ0n) is 10.6. The highest BCUT2D eigenvalue weighted by Gasteiger charge is 2.18. The van der Waals surface area contributed by atoms with Crippen molar-refractivity contribution in [3.05, 3.63) is 34.9 Å². The Balaban J connectivity index is 3.23. The van der Waals surface area contributed by atoms with Gasteiger partial charge in [-0.1, -0.05) is 32.9 Å². The van der Waals surface area contributed by atoms with Gasteiger partial charge in [0.1, 0.15) is 0 Å². The van der Waals surface area contributed by atoms with Gasteiger partial charge in [-0.25, -0.2) is 0 Å². The van der Waals surface area contributed by atoms with E-state index in [-0.39, 0.29) is 5.91 Å². The maximum absolute atomic E-state index is 11.3. The third-order valence-electron chi connectivity index (χ3n) is 3.29. The molecular weight excluding hydrogens is 198 g/mol. The molecule has 1 amide bonds. The summed E-state index contributed by atoms with van der Waals surface area (Å²) < 4.78 is 0. The Morgan fingerprint density at radius 1 is 1.38 bits per heavy atom. The zero-order chi connectivity index (χ0) is 12.3. The summed E-state index contributed by atoms with van der Waals surface area (Å²) in [4.78, 5) is 11.3. The Hall–Kier alpha value is -1.31. The van der Waals surface area contributed by atoms with E-state index in [9.17, 15) is 4.79 Å². The van der Waals surface area contributed by atoms with Gasteiger partial charge in [0, 0.05) is 5.56 Å². The molecule has 1 unspecified atom stereocenters. The maximum Gasteiger partial charge on any atom is 0.248 e. The number of carbonyl (C=O) groups is 1. The number of primary amides is 1. The van der Waals surface area contributed by atoms with Gasteiger partial charge in [0.15, 0.2) is 0 Å². The minimum atomic E-state index is -0.335. The Morgan fingerprint density at radius 2 is 2.00 bits per heavy atom. The van der Waals surface area contributed by atoms with Crippen molar-refractivity contribution >= 4 is 5.91 Å². The highest BCUT2D eigenvalue weighted by Crippen LogP contribution is 2.31. The molecule has 0 fully saturated rings.